The summed E-state index contributed by atoms with van der Waals surface area (Å²) in [7, 11) is 0. The Hall–Kier alpha value is -2.55. The SMILES string of the molecule is [CH2]C(CCc1c(C)cncc1C)(CCc1c(C)cncc1C)c1c(C)cncc1C. The quantitative estimate of drug-likeness (QED) is 0.484. The summed E-state index contributed by atoms with van der Waals surface area (Å²) in [5.41, 5.74) is 11.5. The van der Waals surface area contributed by atoms with Crippen molar-refractivity contribution in [3.05, 3.63) is 94.2 Å². The van der Waals surface area contributed by atoms with E-state index < -0.39 is 0 Å². The Morgan fingerprint density at radius 3 is 1.20 bits per heavy atom. The van der Waals surface area contributed by atoms with Gasteiger partial charge in [-0.05, 0) is 130 Å². The van der Waals surface area contributed by atoms with E-state index in [9.17, 15) is 0 Å². The van der Waals surface area contributed by atoms with Gasteiger partial charge in [0.15, 0.2) is 0 Å². The van der Waals surface area contributed by atoms with Crippen LogP contribution in [0.5, 0.6) is 0 Å². The highest BCUT2D eigenvalue weighted by Gasteiger charge is 2.30. The van der Waals surface area contributed by atoms with Gasteiger partial charge in [0, 0.05) is 37.2 Å². The zero-order valence-electron chi connectivity index (χ0n) is 19.3. The van der Waals surface area contributed by atoms with Crippen molar-refractivity contribution in [2.24, 2.45) is 0 Å². The van der Waals surface area contributed by atoms with Crippen LogP contribution in [0.2, 0.25) is 0 Å². The lowest BCUT2D eigenvalue weighted by Gasteiger charge is -2.34. The van der Waals surface area contributed by atoms with Crippen LogP contribution in [-0.4, -0.2) is 15.0 Å². The van der Waals surface area contributed by atoms with E-state index in [1.54, 1.807) is 0 Å². The van der Waals surface area contributed by atoms with Crippen molar-refractivity contribution in [1.29, 1.82) is 0 Å². The zero-order valence-corrected chi connectivity index (χ0v) is 19.3. The highest BCUT2D eigenvalue weighted by molar-refractivity contribution is 5.40. The smallest absolute Gasteiger partial charge is 0.0300 e. The monoisotopic (exact) mass is 400 g/mol. The summed E-state index contributed by atoms with van der Waals surface area (Å²) in [5, 5.41) is 0. The highest BCUT2D eigenvalue weighted by Crippen LogP contribution is 2.38. The standard InChI is InChI=1S/C27H34N3/c1-18-12-28-13-19(2)24(18)8-10-27(7,26-22(5)16-30-17-23(26)6)11-9-25-20(3)14-29-15-21(25)4/h12-17H,7-11H2,1-6H3. The van der Waals surface area contributed by atoms with E-state index in [4.69, 9.17) is 6.92 Å². The fourth-order valence-electron chi connectivity index (χ4n) is 4.89. The minimum absolute atomic E-state index is 0.179. The molecule has 3 heterocycles. The van der Waals surface area contributed by atoms with Crippen LogP contribution in [-0.2, 0) is 18.3 Å². The van der Waals surface area contributed by atoms with Crippen LogP contribution in [0.1, 0.15) is 62.9 Å². The first-order valence-corrected chi connectivity index (χ1v) is 10.8. The molecular weight excluding hydrogens is 366 g/mol. The van der Waals surface area contributed by atoms with Crippen LogP contribution in [0.4, 0.5) is 0 Å². The molecule has 3 nitrogen and oxygen atoms in total. The van der Waals surface area contributed by atoms with E-state index in [1.165, 1.54) is 50.1 Å². The summed E-state index contributed by atoms with van der Waals surface area (Å²) >= 11 is 0. The first-order valence-electron chi connectivity index (χ1n) is 10.8. The van der Waals surface area contributed by atoms with E-state index in [-0.39, 0.29) is 5.41 Å². The Kier molecular flexibility index (Phi) is 6.70. The molecule has 0 saturated heterocycles. The van der Waals surface area contributed by atoms with Crippen LogP contribution >= 0.6 is 0 Å². The van der Waals surface area contributed by atoms with Crippen LogP contribution < -0.4 is 0 Å². The van der Waals surface area contributed by atoms with Gasteiger partial charge in [-0.15, -0.1) is 0 Å². The predicted molar refractivity (Wildman–Crippen MR) is 125 cm³/mol. The second-order valence-electron chi connectivity index (χ2n) is 8.93. The number of nitrogens with zero attached hydrogens (tertiary/aromatic N) is 3. The van der Waals surface area contributed by atoms with Gasteiger partial charge in [-0.3, -0.25) is 15.0 Å². The van der Waals surface area contributed by atoms with Gasteiger partial charge in [0.25, 0.3) is 0 Å². The number of hydrogen-bond donors (Lipinski definition) is 0. The van der Waals surface area contributed by atoms with Crippen molar-refractivity contribution < 1.29 is 0 Å². The Labute approximate surface area is 182 Å². The number of pyridine rings is 3. The maximum absolute atomic E-state index is 4.85. The molecule has 3 rings (SSSR count). The molecule has 0 saturated carbocycles. The van der Waals surface area contributed by atoms with E-state index >= 15 is 0 Å². The van der Waals surface area contributed by atoms with E-state index in [2.05, 4.69) is 56.5 Å². The molecule has 30 heavy (non-hydrogen) atoms. The Morgan fingerprint density at radius 1 is 0.567 bits per heavy atom. The third-order valence-corrected chi connectivity index (χ3v) is 6.54. The average molecular weight is 401 g/mol. The number of aryl methyl sites for hydroxylation is 6. The number of aromatic nitrogens is 3. The molecule has 0 atom stereocenters. The molecule has 1 radical (unpaired) electrons. The molecule has 0 fully saturated rings. The molecule has 0 aliphatic carbocycles. The maximum Gasteiger partial charge on any atom is 0.0300 e. The van der Waals surface area contributed by atoms with Crippen LogP contribution in [0, 0.1) is 48.5 Å². The van der Waals surface area contributed by atoms with Gasteiger partial charge in [0.05, 0.1) is 0 Å². The van der Waals surface area contributed by atoms with Crippen molar-refractivity contribution in [1.82, 2.24) is 15.0 Å². The topological polar surface area (TPSA) is 38.7 Å². The normalized spacial score (nSPS) is 11.7. The van der Waals surface area contributed by atoms with Crippen molar-refractivity contribution in [2.75, 3.05) is 0 Å². The molecule has 0 bridgehead atoms. The fraction of sp³-hybridized carbons (Fsp3) is 0.407. The summed E-state index contributed by atoms with van der Waals surface area (Å²) in [4.78, 5) is 13.1. The van der Waals surface area contributed by atoms with Crippen LogP contribution in [0.25, 0.3) is 0 Å². The van der Waals surface area contributed by atoms with E-state index in [1.807, 2.05) is 37.2 Å². The van der Waals surface area contributed by atoms with Crippen molar-refractivity contribution in [2.45, 2.75) is 72.6 Å². The Bertz CT molecular complexity index is 920. The summed E-state index contributed by atoms with van der Waals surface area (Å²) in [6, 6.07) is 0. The molecule has 0 N–H and O–H groups in total. The molecule has 0 aliphatic heterocycles. The second-order valence-corrected chi connectivity index (χ2v) is 8.93. The first kappa shape index (κ1) is 22.1. The lowest BCUT2D eigenvalue weighted by molar-refractivity contribution is 0.442. The Morgan fingerprint density at radius 2 is 0.867 bits per heavy atom. The lowest BCUT2D eigenvalue weighted by atomic mass is 9.70. The Balaban J connectivity index is 1.96. The summed E-state index contributed by atoms with van der Waals surface area (Å²) in [6.45, 7) is 17.8. The van der Waals surface area contributed by atoms with Gasteiger partial charge in [0.2, 0.25) is 0 Å². The van der Waals surface area contributed by atoms with Gasteiger partial charge >= 0.3 is 0 Å². The van der Waals surface area contributed by atoms with Crippen molar-refractivity contribution in [3.63, 3.8) is 0 Å². The predicted octanol–water partition coefficient (Wildman–Crippen LogP) is 6.06. The minimum Gasteiger partial charge on any atom is -0.264 e. The van der Waals surface area contributed by atoms with Crippen LogP contribution in [0.15, 0.2) is 37.2 Å². The van der Waals surface area contributed by atoms with Gasteiger partial charge in [-0.25, -0.2) is 0 Å². The molecule has 0 spiro atoms. The molecule has 0 aromatic carbocycles. The van der Waals surface area contributed by atoms with Crippen molar-refractivity contribution in [3.8, 4) is 0 Å². The van der Waals surface area contributed by atoms with E-state index in [0.717, 1.165) is 25.7 Å². The van der Waals surface area contributed by atoms with Crippen molar-refractivity contribution >= 4 is 0 Å². The third-order valence-electron chi connectivity index (χ3n) is 6.54. The maximum atomic E-state index is 4.85. The average Bonchev–Trinajstić information content (AvgIpc) is 2.67. The van der Waals surface area contributed by atoms with Gasteiger partial charge in [-0.2, -0.15) is 0 Å². The van der Waals surface area contributed by atoms with Gasteiger partial charge < -0.3 is 0 Å². The zero-order chi connectivity index (χ0) is 21.9. The molecule has 3 heteroatoms. The second kappa shape index (κ2) is 9.07. The molecule has 157 valence electrons. The molecule has 3 aromatic rings. The van der Waals surface area contributed by atoms with Crippen LogP contribution in [0.3, 0.4) is 0 Å². The first-order chi connectivity index (χ1) is 14.2. The molecule has 0 aliphatic rings. The molecule has 3 aromatic heterocycles. The minimum atomic E-state index is -0.179. The summed E-state index contributed by atoms with van der Waals surface area (Å²) < 4.78 is 0. The van der Waals surface area contributed by atoms with Gasteiger partial charge in [0.1, 0.15) is 0 Å². The third kappa shape index (κ3) is 4.61. The molecular formula is C27H34N3. The summed E-state index contributed by atoms with van der Waals surface area (Å²) in [5.74, 6) is 0. The highest BCUT2D eigenvalue weighted by atomic mass is 14.6. The van der Waals surface area contributed by atoms with E-state index in [0.29, 0.717) is 0 Å². The lowest BCUT2D eigenvalue weighted by Crippen LogP contribution is -2.27. The largest absolute Gasteiger partial charge is 0.264 e. The fourth-order valence-corrected chi connectivity index (χ4v) is 4.89. The molecule has 0 amide bonds. The summed E-state index contributed by atoms with van der Waals surface area (Å²) in [6.07, 6.45) is 15.8. The van der Waals surface area contributed by atoms with Gasteiger partial charge in [-0.1, -0.05) is 0 Å². The molecule has 0 unspecified atom stereocenters. The number of hydrogen-bond acceptors (Lipinski definition) is 3. The number of rotatable bonds is 7.